The third-order valence-corrected chi connectivity index (χ3v) is 3.82. The number of ether oxygens (including phenoxy) is 1. The number of hydrazone groups is 1. The van der Waals surface area contributed by atoms with Gasteiger partial charge in [-0.1, -0.05) is 18.2 Å². The first-order valence-corrected chi connectivity index (χ1v) is 7.82. The van der Waals surface area contributed by atoms with Crippen LogP contribution >= 0.6 is 0 Å². The van der Waals surface area contributed by atoms with E-state index in [1.165, 1.54) is 37.6 Å². The Morgan fingerprint density at radius 3 is 2.65 bits per heavy atom. The van der Waals surface area contributed by atoms with E-state index in [9.17, 15) is 14.0 Å². The van der Waals surface area contributed by atoms with Gasteiger partial charge in [0.15, 0.2) is 0 Å². The number of methoxy groups -OCH3 is 1. The molecule has 0 unspecified atom stereocenters. The molecule has 0 radical (unpaired) electrons. The molecule has 1 amide bonds. The molecule has 0 aliphatic carbocycles. The average Bonchev–Trinajstić information content (AvgIpc) is 3.00. The highest BCUT2D eigenvalue weighted by Crippen LogP contribution is 2.20. The van der Waals surface area contributed by atoms with E-state index in [-0.39, 0.29) is 12.5 Å². The molecule has 0 saturated heterocycles. The summed E-state index contributed by atoms with van der Waals surface area (Å²) in [7, 11) is 1.33. The fourth-order valence-corrected chi connectivity index (χ4v) is 2.54. The molecule has 0 aliphatic heterocycles. The van der Waals surface area contributed by atoms with E-state index in [4.69, 9.17) is 4.74 Å². The Morgan fingerprint density at radius 2 is 1.92 bits per heavy atom. The highest BCUT2D eigenvalue weighted by Gasteiger charge is 2.10. The number of amides is 1. The van der Waals surface area contributed by atoms with Gasteiger partial charge in [-0.25, -0.2) is 9.82 Å². The molecule has 0 aliphatic rings. The van der Waals surface area contributed by atoms with Crippen molar-refractivity contribution in [2.24, 2.45) is 5.10 Å². The van der Waals surface area contributed by atoms with Gasteiger partial charge in [-0.05, 0) is 30.3 Å². The van der Waals surface area contributed by atoms with E-state index in [0.717, 1.165) is 16.5 Å². The van der Waals surface area contributed by atoms with Gasteiger partial charge in [0.2, 0.25) is 0 Å². The lowest BCUT2D eigenvalue weighted by atomic mass is 10.2. The summed E-state index contributed by atoms with van der Waals surface area (Å²) >= 11 is 0. The highest BCUT2D eigenvalue weighted by atomic mass is 19.1. The molecule has 7 heteroatoms. The fourth-order valence-electron chi connectivity index (χ4n) is 2.54. The molecule has 6 nitrogen and oxygen atoms in total. The number of para-hydroxylation sites is 1. The van der Waals surface area contributed by atoms with E-state index in [1.54, 1.807) is 10.8 Å². The predicted molar refractivity (Wildman–Crippen MR) is 95.4 cm³/mol. The van der Waals surface area contributed by atoms with Gasteiger partial charge >= 0.3 is 5.97 Å². The van der Waals surface area contributed by atoms with Crippen molar-refractivity contribution in [2.75, 3.05) is 7.11 Å². The van der Waals surface area contributed by atoms with Crippen LogP contribution in [-0.2, 0) is 16.1 Å². The van der Waals surface area contributed by atoms with Gasteiger partial charge in [-0.15, -0.1) is 0 Å². The molecule has 1 heterocycles. The molecule has 3 rings (SSSR count). The van der Waals surface area contributed by atoms with Crippen LogP contribution in [0.4, 0.5) is 4.39 Å². The van der Waals surface area contributed by atoms with Crippen molar-refractivity contribution < 1.29 is 18.7 Å². The molecule has 132 valence electrons. The maximum Gasteiger partial charge on any atom is 0.325 e. The second-order valence-corrected chi connectivity index (χ2v) is 5.51. The first-order chi connectivity index (χ1) is 12.6. The van der Waals surface area contributed by atoms with E-state index in [0.29, 0.717) is 5.56 Å². The lowest BCUT2D eigenvalue weighted by Gasteiger charge is -2.02. The summed E-state index contributed by atoms with van der Waals surface area (Å²) in [5.41, 5.74) is 4.29. The van der Waals surface area contributed by atoms with Crippen LogP contribution < -0.4 is 5.43 Å². The largest absolute Gasteiger partial charge is 0.468 e. The van der Waals surface area contributed by atoms with Gasteiger partial charge in [0.25, 0.3) is 5.91 Å². The van der Waals surface area contributed by atoms with Crippen LogP contribution in [0.15, 0.2) is 59.8 Å². The number of rotatable bonds is 5. The standard InChI is InChI=1S/C19H16FN3O3/c1-26-18(24)12-23-11-14(16-4-2-3-5-17(16)23)10-21-22-19(25)13-6-8-15(20)9-7-13/h2-11H,12H2,1H3,(H,22,25)/b21-10-. The molecule has 2 aromatic carbocycles. The van der Waals surface area contributed by atoms with Crippen LogP contribution in [0.25, 0.3) is 10.9 Å². The quantitative estimate of drug-likeness (QED) is 0.435. The lowest BCUT2D eigenvalue weighted by molar-refractivity contribution is -0.141. The molecule has 0 atom stereocenters. The first kappa shape index (κ1) is 17.3. The van der Waals surface area contributed by atoms with Crippen LogP contribution in [0.3, 0.4) is 0 Å². The highest BCUT2D eigenvalue weighted by molar-refractivity contribution is 6.01. The monoisotopic (exact) mass is 353 g/mol. The minimum Gasteiger partial charge on any atom is -0.468 e. The smallest absolute Gasteiger partial charge is 0.325 e. The van der Waals surface area contributed by atoms with Gasteiger partial charge in [0.05, 0.1) is 13.3 Å². The number of hydrogen-bond donors (Lipinski definition) is 1. The summed E-state index contributed by atoms with van der Waals surface area (Å²) in [5.74, 6) is -1.22. The molecular formula is C19H16FN3O3. The van der Waals surface area contributed by atoms with Crippen molar-refractivity contribution in [3.05, 3.63) is 71.7 Å². The van der Waals surface area contributed by atoms with Crippen LogP contribution in [0, 0.1) is 5.82 Å². The van der Waals surface area contributed by atoms with Crippen molar-refractivity contribution in [1.82, 2.24) is 9.99 Å². The van der Waals surface area contributed by atoms with E-state index >= 15 is 0 Å². The summed E-state index contributed by atoms with van der Waals surface area (Å²) in [6, 6.07) is 12.7. The molecule has 0 saturated carbocycles. The molecule has 0 bridgehead atoms. The van der Waals surface area contributed by atoms with Gasteiger partial charge in [0, 0.05) is 28.2 Å². The SMILES string of the molecule is COC(=O)Cn1cc(/C=N\NC(=O)c2ccc(F)cc2)c2ccccc21. The van der Waals surface area contributed by atoms with Crippen molar-refractivity contribution in [3.8, 4) is 0 Å². The normalized spacial score (nSPS) is 11.0. The Bertz CT molecular complexity index is 977. The Balaban J connectivity index is 1.79. The maximum absolute atomic E-state index is 12.9. The Hall–Kier alpha value is -3.48. The maximum atomic E-state index is 12.9. The number of hydrogen-bond acceptors (Lipinski definition) is 4. The number of esters is 1. The van der Waals surface area contributed by atoms with E-state index in [2.05, 4.69) is 10.5 Å². The Morgan fingerprint density at radius 1 is 1.19 bits per heavy atom. The van der Waals surface area contributed by atoms with Crippen LogP contribution in [0.2, 0.25) is 0 Å². The fraction of sp³-hybridized carbons (Fsp3) is 0.105. The second-order valence-electron chi connectivity index (χ2n) is 5.51. The summed E-state index contributed by atoms with van der Waals surface area (Å²) < 4.78 is 19.4. The first-order valence-electron chi connectivity index (χ1n) is 7.82. The number of carbonyl (C=O) groups excluding carboxylic acids is 2. The van der Waals surface area contributed by atoms with Crippen molar-refractivity contribution >= 4 is 29.0 Å². The molecule has 0 spiro atoms. The van der Waals surface area contributed by atoms with E-state index < -0.39 is 11.7 Å². The van der Waals surface area contributed by atoms with Gasteiger partial charge < -0.3 is 9.30 Å². The summed E-state index contributed by atoms with van der Waals surface area (Å²) in [6.07, 6.45) is 3.26. The Kier molecular flexibility index (Phi) is 5.07. The number of carbonyl (C=O) groups is 2. The number of benzene rings is 2. The predicted octanol–water partition coefficient (Wildman–Crippen LogP) is 2.72. The van der Waals surface area contributed by atoms with Crippen LogP contribution in [-0.4, -0.2) is 29.8 Å². The second kappa shape index (κ2) is 7.60. The van der Waals surface area contributed by atoms with Crippen LogP contribution in [0.5, 0.6) is 0 Å². The zero-order chi connectivity index (χ0) is 18.5. The zero-order valence-electron chi connectivity index (χ0n) is 14.0. The van der Waals surface area contributed by atoms with Gasteiger partial charge in [0.1, 0.15) is 12.4 Å². The number of aromatic nitrogens is 1. The molecule has 3 aromatic rings. The summed E-state index contributed by atoms with van der Waals surface area (Å²) in [4.78, 5) is 23.5. The number of nitrogens with one attached hydrogen (secondary N) is 1. The minimum atomic E-state index is -0.445. The summed E-state index contributed by atoms with van der Waals surface area (Å²) in [5, 5.41) is 4.84. The molecule has 1 N–H and O–H groups in total. The molecule has 26 heavy (non-hydrogen) atoms. The van der Waals surface area contributed by atoms with Crippen molar-refractivity contribution in [3.63, 3.8) is 0 Å². The third-order valence-electron chi connectivity index (χ3n) is 3.82. The van der Waals surface area contributed by atoms with Gasteiger partial charge in [-0.2, -0.15) is 5.10 Å². The number of halogens is 1. The number of nitrogens with zero attached hydrogens (tertiary/aromatic N) is 2. The molecule has 1 aromatic heterocycles. The molecular weight excluding hydrogens is 337 g/mol. The average molecular weight is 353 g/mol. The Labute approximate surface area is 148 Å². The van der Waals surface area contributed by atoms with Gasteiger partial charge in [-0.3, -0.25) is 9.59 Å². The van der Waals surface area contributed by atoms with Crippen molar-refractivity contribution in [1.29, 1.82) is 0 Å². The van der Waals surface area contributed by atoms with Crippen molar-refractivity contribution in [2.45, 2.75) is 6.54 Å². The topological polar surface area (TPSA) is 72.7 Å². The minimum absolute atomic E-state index is 0.0762. The number of fused-ring (bicyclic) bond motifs is 1. The zero-order valence-corrected chi connectivity index (χ0v) is 14.0. The summed E-state index contributed by atoms with van der Waals surface area (Å²) in [6.45, 7) is 0.0762. The molecule has 0 fully saturated rings. The third kappa shape index (κ3) is 3.77. The lowest BCUT2D eigenvalue weighted by Crippen LogP contribution is -2.17. The van der Waals surface area contributed by atoms with Crippen LogP contribution in [0.1, 0.15) is 15.9 Å². The van der Waals surface area contributed by atoms with E-state index in [1.807, 2.05) is 24.3 Å².